The summed E-state index contributed by atoms with van der Waals surface area (Å²) in [6.45, 7) is 4.48. The summed E-state index contributed by atoms with van der Waals surface area (Å²) in [6, 6.07) is 31.4. The van der Waals surface area contributed by atoms with Crippen LogP contribution in [0.5, 0.6) is 5.75 Å². The van der Waals surface area contributed by atoms with Crippen LogP contribution in [0.1, 0.15) is 39.4 Å². The normalized spacial score (nSPS) is 16.0. The number of carbonyl (C=O) groups excluding carboxylic acids is 2. The molecular formula is C35H29N3O4S2. The smallest absolute Gasteiger partial charge is 0.301 e. The molecule has 1 aliphatic rings. The molecule has 5 aromatic rings. The summed E-state index contributed by atoms with van der Waals surface area (Å²) in [5.41, 5.74) is 5.63. The van der Waals surface area contributed by atoms with Crippen LogP contribution < -0.4 is 9.64 Å². The van der Waals surface area contributed by atoms with Crippen molar-refractivity contribution in [2.75, 3.05) is 4.90 Å². The molecular weight excluding hydrogens is 591 g/mol. The number of anilines is 1. The Hall–Kier alpha value is -4.73. The van der Waals surface area contributed by atoms with Gasteiger partial charge in [-0.25, -0.2) is 0 Å². The first-order valence-electron chi connectivity index (χ1n) is 14.0. The second-order valence-electron chi connectivity index (χ2n) is 10.4. The van der Waals surface area contributed by atoms with Crippen molar-refractivity contribution in [3.8, 4) is 5.75 Å². The number of aliphatic hydroxyl groups excluding tert-OH is 1. The Balaban J connectivity index is 1.28. The highest BCUT2D eigenvalue weighted by molar-refractivity contribution is 8.00. The molecule has 1 aliphatic heterocycles. The predicted molar refractivity (Wildman–Crippen MR) is 174 cm³/mol. The Morgan fingerprint density at radius 1 is 0.886 bits per heavy atom. The van der Waals surface area contributed by atoms with Crippen LogP contribution in [0, 0.1) is 13.8 Å². The molecule has 7 nitrogen and oxygen atoms in total. The molecule has 0 spiro atoms. The zero-order valence-electron chi connectivity index (χ0n) is 24.1. The quantitative estimate of drug-likeness (QED) is 0.0596. The lowest BCUT2D eigenvalue weighted by Gasteiger charge is -2.22. The molecule has 1 fully saturated rings. The summed E-state index contributed by atoms with van der Waals surface area (Å²) in [5.74, 6) is -0.483. The minimum Gasteiger partial charge on any atom is -0.507 e. The number of thioether (sulfide) groups is 1. The maximum absolute atomic E-state index is 13.5. The van der Waals surface area contributed by atoms with Gasteiger partial charge >= 0.3 is 5.91 Å². The number of ether oxygens (including phenoxy) is 1. The maximum atomic E-state index is 13.5. The molecule has 0 bridgehead atoms. The Morgan fingerprint density at radius 3 is 2.32 bits per heavy atom. The Labute approximate surface area is 263 Å². The van der Waals surface area contributed by atoms with Crippen molar-refractivity contribution in [3.63, 3.8) is 0 Å². The minimum atomic E-state index is -0.865. The molecule has 9 heteroatoms. The SMILES string of the molecule is Cc1ccc(CSc2nnc(N3C(=O)C(=O)/C(=C(/O)c4ccc(OCc5ccccc5C)cc4)C3c3ccccc3)s2)cc1. The second kappa shape index (κ2) is 12.9. The summed E-state index contributed by atoms with van der Waals surface area (Å²) >= 11 is 2.76. The molecule has 0 saturated carbocycles. The Bertz CT molecular complexity index is 1830. The van der Waals surface area contributed by atoms with Crippen molar-refractivity contribution in [2.45, 2.75) is 36.6 Å². The summed E-state index contributed by atoms with van der Waals surface area (Å²) < 4.78 is 6.63. The van der Waals surface area contributed by atoms with E-state index in [9.17, 15) is 14.7 Å². The van der Waals surface area contributed by atoms with Crippen LogP contribution in [-0.2, 0) is 21.9 Å². The molecule has 2 heterocycles. The molecule has 0 radical (unpaired) electrons. The van der Waals surface area contributed by atoms with E-state index in [2.05, 4.69) is 34.5 Å². The number of aromatic nitrogens is 2. The summed E-state index contributed by atoms with van der Waals surface area (Å²) in [4.78, 5) is 28.4. The highest BCUT2D eigenvalue weighted by Gasteiger charge is 2.48. The number of rotatable bonds is 9. The molecule has 1 amide bonds. The molecule has 4 aromatic carbocycles. The minimum absolute atomic E-state index is 0.00108. The molecule has 1 saturated heterocycles. The van der Waals surface area contributed by atoms with Gasteiger partial charge in [0.1, 0.15) is 18.1 Å². The molecule has 1 N–H and O–H groups in total. The van der Waals surface area contributed by atoms with Crippen LogP contribution in [0.4, 0.5) is 5.13 Å². The van der Waals surface area contributed by atoms with Crippen LogP contribution >= 0.6 is 23.1 Å². The summed E-state index contributed by atoms with van der Waals surface area (Å²) in [5, 5.41) is 20.4. The average Bonchev–Trinajstić information content (AvgIpc) is 3.62. The fourth-order valence-electron chi connectivity index (χ4n) is 4.97. The van der Waals surface area contributed by atoms with Gasteiger partial charge in [-0.2, -0.15) is 0 Å². The third-order valence-corrected chi connectivity index (χ3v) is 9.55. The van der Waals surface area contributed by atoms with Crippen molar-refractivity contribution < 1.29 is 19.4 Å². The highest BCUT2D eigenvalue weighted by atomic mass is 32.2. The molecule has 6 rings (SSSR count). The van der Waals surface area contributed by atoms with Gasteiger partial charge in [0.2, 0.25) is 5.13 Å². The van der Waals surface area contributed by atoms with Gasteiger partial charge in [-0.15, -0.1) is 10.2 Å². The van der Waals surface area contributed by atoms with Crippen LogP contribution in [0.25, 0.3) is 5.76 Å². The summed E-state index contributed by atoms with van der Waals surface area (Å²) in [6.07, 6.45) is 0. The molecule has 1 aromatic heterocycles. The van der Waals surface area contributed by atoms with Crippen molar-refractivity contribution >= 4 is 45.7 Å². The standard InChI is InChI=1S/C35H29N3O4S2/c1-22-12-14-24(15-13-22)21-43-35-37-36-34(44-35)38-30(25-9-4-3-5-10-25)29(32(40)33(38)41)31(39)26-16-18-28(19-17-26)42-20-27-11-7-6-8-23(27)2/h3-19,30,39H,20-21H2,1-2H3/b31-29+. The zero-order valence-corrected chi connectivity index (χ0v) is 25.8. The molecule has 1 atom stereocenters. The lowest BCUT2D eigenvalue weighted by Crippen LogP contribution is -2.29. The van der Waals surface area contributed by atoms with Crippen LogP contribution in [0.2, 0.25) is 0 Å². The van der Waals surface area contributed by atoms with Crippen molar-refractivity contribution in [1.29, 1.82) is 0 Å². The number of ketones is 1. The zero-order chi connectivity index (χ0) is 30.6. The maximum Gasteiger partial charge on any atom is 0.301 e. The van der Waals surface area contributed by atoms with Gasteiger partial charge in [0.05, 0.1) is 11.6 Å². The average molecular weight is 620 g/mol. The summed E-state index contributed by atoms with van der Waals surface area (Å²) in [7, 11) is 0. The van der Waals surface area contributed by atoms with E-state index in [0.717, 1.165) is 16.7 Å². The first-order valence-corrected chi connectivity index (χ1v) is 15.8. The van der Waals surface area contributed by atoms with Gasteiger partial charge in [-0.1, -0.05) is 108 Å². The van der Waals surface area contributed by atoms with Crippen molar-refractivity contribution in [2.24, 2.45) is 0 Å². The topological polar surface area (TPSA) is 92.6 Å². The van der Waals surface area contributed by atoms with E-state index >= 15 is 0 Å². The number of amides is 1. The van der Waals surface area contributed by atoms with Crippen LogP contribution in [0.15, 0.2) is 113 Å². The third-order valence-electron chi connectivity index (χ3n) is 7.43. The Kier molecular flexibility index (Phi) is 8.58. The molecule has 0 aliphatic carbocycles. The van der Waals surface area contributed by atoms with E-state index in [1.165, 1.54) is 33.6 Å². The van der Waals surface area contributed by atoms with E-state index in [-0.39, 0.29) is 11.3 Å². The van der Waals surface area contributed by atoms with E-state index in [1.54, 1.807) is 24.3 Å². The van der Waals surface area contributed by atoms with Gasteiger partial charge in [-0.05, 0) is 60.4 Å². The van der Waals surface area contributed by atoms with Crippen LogP contribution in [-0.4, -0.2) is 27.0 Å². The number of hydrogen-bond donors (Lipinski definition) is 1. The lowest BCUT2D eigenvalue weighted by atomic mass is 9.95. The Morgan fingerprint density at radius 2 is 1.59 bits per heavy atom. The number of benzene rings is 4. The highest BCUT2D eigenvalue weighted by Crippen LogP contribution is 2.44. The third kappa shape index (κ3) is 6.15. The number of Topliss-reactive ketones (excluding diaryl/α,β-unsaturated/α-hetero) is 1. The number of aliphatic hydroxyl groups is 1. The first-order chi connectivity index (χ1) is 21.4. The van der Waals surface area contributed by atoms with Crippen molar-refractivity contribution in [1.82, 2.24) is 10.2 Å². The number of aryl methyl sites for hydroxylation is 2. The first kappa shape index (κ1) is 29.3. The van der Waals surface area contributed by atoms with E-state index in [0.29, 0.717) is 38.7 Å². The molecule has 220 valence electrons. The van der Waals surface area contributed by atoms with Gasteiger partial charge in [0, 0.05) is 11.3 Å². The number of hydrogen-bond acceptors (Lipinski definition) is 8. The number of nitrogens with zero attached hydrogens (tertiary/aromatic N) is 3. The molecule has 44 heavy (non-hydrogen) atoms. The monoisotopic (exact) mass is 619 g/mol. The van der Waals surface area contributed by atoms with Crippen molar-refractivity contribution in [3.05, 3.63) is 142 Å². The van der Waals surface area contributed by atoms with Crippen LogP contribution in [0.3, 0.4) is 0 Å². The van der Waals surface area contributed by atoms with Gasteiger partial charge in [0.25, 0.3) is 5.78 Å². The largest absolute Gasteiger partial charge is 0.507 e. The number of carbonyl (C=O) groups is 2. The van der Waals surface area contributed by atoms with E-state index in [4.69, 9.17) is 4.74 Å². The second-order valence-corrected chi connectivity index (χ2v) is 12.6. The fraction of sp³-hybridized carbons (Fsp3) is 0.143. The van der Waals surface area contributed by atoms with Gasteiger partial charge in [0.15, 0.2) is 4.34 Å². The van der Waals surface area contributed by atoms with E-state index < -0.39 is 17.7 Å². The van der Waals surface area contributed by atoms with Gasteiger partial charge in [-0.3, -0.25) is 14.5 Å². The van der Waals surface area contributed by atoms with E-state index in [1.807, 2.05) is 68.4 Å². The predicted octanol–water partition coefficient (Wildman–Crippen LogP) is 7.65. The fourth-order valence-corrected chi connectivity index (χ4v) is 6.79. The van der Waals surface area contributed by atoms with Gasteiger partial charge < -0.3 is 9.84 Å². The molecule has 1 unspecified atom stereocenters. The lowest BCUT2D eigenvalue weighted by molar-refractivity contribution is -0.132.